The van der Waals surface area contributed by atoms with Crippen LogP contribution >= 0.6 is 11.8 Å². The largest absolute Gasteiger partial charge is 0.480 e. The summed E-state index contributed by atoms with van der Waals surface area (Å²) in [5, 5.41) is 13.2. The van der Waals surface area contributed by atoms with Gasteiger partial charge in [-0.05, 0) is 18.1 Å². The van der Waals surface area contributed by atoms with Gasteiger partial charge in [-0.15, -0.1) is 11.8 Å². The van der Waals surface area contributed by atoms with Crippen molar-refractivity contribution in [1.29, 1.82) is 0 Å². The lowest BCUT2D eigenvalue weighted by molar-refractivity contribution is -0.153. The van der Waals surface area contributed by atoms with Gasteiger partial charge in [-0.25, -0.2) is 4.79 Å². The first-order valence-corrected chi connectivity index (χ1v) is 7.65. The molecule has 1 atom stereocenters. The summed E-state index contributed by atoms with van der Waals surface area (Å²) in [4.78, 5) is 15.3. The molecular weight excluding hydrogens is 260 g/mol. The Bertz CT molecular complexity index is 488. The van der Waals surface area contributed by atoms with E-state index in [-0.39, 0.29) is 0 Å². The van der Waals surface area contributed by atoms with Crippen LogP contribution < -0.4 is 5.32 Å². The van der Waals surface area contributed by atoms with Gasteiger partial charge in [-0.3, -0.25) is 4.90 Å². The molecule has 4 nitrogen and oxygen atoms in total. The third-order valence-corrected chi connectivity index (χ3v) is 5.14. The fourth-order valence-electron chi connectivity index (χ4n) is 3.11. The minimum Gasteiger partial charge on any atom is -0.480 e. The van der Waals surface area contributed by atoms with E-state index >= 15 is 0 Å². The predicted octanol–water partition coefficient (Wildman–Crippen LogP) is 1.37. The number of hydrogen-bond acceptors (Lipinski definition) is 4. The molecule has 1 saturated heterocycles. The van der Waals surface area contributed by atoms with E-state index in [0.717, 1.165) is 42.4 Å². The van der Waals surface area contributed by atoms with Gasteiger partial charge in [-0.2, -0.15) is 0 Å². The molecule has 0 bridgehead atoms. The Morgan fingerprint density at radius 1 is 1.32 bits per heavy atom. The molecule has 1 unspecified atom stereocenters. The zero-order chi connectivity index (χ0) is 13.3. The maximum Gasteiger partial charge on any atom is 0.328 e. The molecular formula is C14H18N2O2S. The van der Waals surface area contributed by atoms with Gasteiger partial charge in [0.05, 0.1) is 0 Å². The Labute approximate surface area is 117 Å². The molecule has 0 spiro atoms. The molecule has 0 aliphatic carbocycles. The van der Waals surface area contributed by atoms with Crippen LogP contribution in [0.3, 0.4) is 0 Å². The summed E-state index contributed by atoms with van der Waals surface area (Å²) in [7, 11) is 0. The summed E-state index contributed by atoms with van der Waals surface area (Å²) in [5.74, 6) is 0.162. The van der Waals surface area contributed by atoms with Gasteiger partial charge in [0.1, 0.15) is 5.54 Å². The number of hydrogen-bond donors (Lipinski definition) is 2. The summed E-state index contributed by atoms with van der Waals surface area (Å²) < 4.78 is 0. The van der Waals surface area contributed by atoms with Crippen LogP contribution in [-0.2, 0) is 10.3 Å². The Kier molecular flexibility index (Phi) is 3.52. The lowest BCUT2D eigenvalue weighted by Gasteiger charge is -2.45. The van der Waals surface area contributed by atoms with Gasteiger partial charge < -0.3 is 10.4 Å². The number of nitrogens with zero attached hydrogens (tertiary/aromatic N) is 1. The molecule has 2 aliphatic rings. The monoisotopic (exact) mass is 278 g/mol. The smallest absolute Gasteiger partial charge is 0.328 e. The maximum absolute atomic E-state index is 12.1. The van der Waals surface area contributed by atoms with E-state index in [1.165, 1.54) is 0 Å². The van der Waals surface area contributed by atoms with E-state index in [1.54, 1.807) is 11.8 Å². The van der Waals surface area contributed by atoms with E-state index in [0.29, 0.717) is 6.42 Å². The molecule has 2 aliphatic heterocycles. The number of carboxylic acids is 1. The van der Waals surface area contributed by atoms with Crippen molar-refractivity contribution in [2.75, 3.05) is 31.9 Å². The first-order chi connectivity index (χ1) is 9.25. The lowest BCUT2D eigenvalue weighted by Crippen LogP contribution is -2.59. The van der Waals surface area contributed by atoms with Crippen LogP contribution in [0.2, 0.25) is 0 Å². The SMILES string of the molecule is O=C(O)C1(N2CCNCC2)CCSc2ccccc21. The van der Waals surface area contributed by atoms with Gasteiger partial charge in [-0.1, -0.05) is 18.2 Å². The second-order valence-corrected chi connectivity index (χ2v) is 6.13. The van der Waals surface area contributed by atoms with Crippen LogP contribution in [0, 0.1) is 0 Å². The molecule has 1 fully saturated rings. The van der Waals surface area contributed by atoms with Gasteiger partial charge in [0.25, 0.3) is 0 Å². The minimum atomic E-state index is -0.829. The topological polar surface area (TPSA) is 52.6 Å². The van der Waals surface area contributed by atoms with Crippen molar-refractivity contribution in [2.24, 2.45) is 0 Å². The van der Waals surface area contributed by atoms with E-state index in [1.807, 2.05) is 24.3 Å². The fourth-order valence-corrected chi connectivity index (χ4v) is 4.29. The normalized spacial score (nSPS) is 27.8. The Morgan fingerprint density at radius 3 is 2.79 bits per heavy atom. The molecule has 19 heavy (non-hydrogen) atoms. The van der Waals surface area contributed by atoms with Crippen molar-refractivity contribution in [3.63, 3.8) is 0 Å². The molecule has 102 valence electrons. The quantitative estimate of drug-likeness (QED) is 0.855. The highest BCUT2D eigenvalue weighted by Gasteiger charge is 2.48. The van der Waals surface area contributed by atoms with E-state index in [9.17, 15) is 9.90 Å². The van der Waals surface area contributed by atoms with Gasteiger partial charge in [0.15, 0.2) is 0 Å². The summed E-state index contributed by atoms with van der Waals surface area (Å²) in [5.41, 5.74) is 0.143. The molecule has 1 aromatic rings. The van der Waals surface area contributed by atoms with Crippen LogP contribution in [0.1, 0.15) is 12.0 Å². The molecule has 2 heterocycles. The number of thioether (sulfide) groups is 1. The summed E-state index contributed by atoms with van der Waals surface area (Å²) >= 11 is 1.77. The van der Waals surface area contributed by atoms with Crippen molar-refractivity contribution < 1.29 is 9.90 Å². The van der Waals surface area contributed by atoms with Crippen molar-refractivity contribution in [3.8, 4) is 0 Å². The van der Waals surface area contributed by atoms with Crippen molar-refractivity contribution in [1.82, 2.24) is 10.2 Å². The summed E-state index contributed by atoms with van der Waals surface area (Å²) in [6, 6.07) is 7.96. The summed E-state index contributed by atoms with van der Waals surface area (Å²) in [6.07, 6.45) is 0.685. The Morgan fingerprint density at radius 2 is 2.05 bits per heavy atom. The number of benzene rings is 1. The average molecular weight is 278 g/mol. The highest BCUT2D eigenvalue weighted by molar-refractivity contribution is 7.99. The molecule has 5 heteroatoms. The number of piperazine rings is 1. The maximum atomic E-state index is 12.1. The number of nitrogens with one attached hydrogen (secondary N) is 1. The summed E-state index contributed by atoms with van der Waals surface area (Å²) in [6.45, 7) is 3.32. The van der Waals surface area contributed by atoms with Crippen LogP contribution in [-0.4, -0.2) is 47.9 Å². The fraction of sp³-hybridized carbons (Fsp3) is 0.500. The number of carboxylic acid groups (broad SMARTS) is 1. The van der Waals surface area contributed by atoms with Crippen molar-refractivity contribution in [3.05, 3.63) is 29.8 Å². The van der Waals surface area contributed by atoms with Crippen LogP contribution in [0.15, 0.2) is 29.2 Å². The standard InChI is InChI=1S/C14H18N2O2S/c17-13(18)14(16-8-6-15-7-9-16)5-10-19-12-4-2-1-3-11(12)14/h1-4,15H,5-10H2,(H,17,18). The minimum absolute atomic E-state index is 0.685. The van der Waals surface area contributed by atoms with E-state index in [2.05, 4.69) is 10.2 Å². The molecule has 2 N–H and O–H groups in total. The first kappa shape index (κ1) is 13.0. The molecule has 1 aromatic carbocycles. The van der Waals surface area contributed by atoms with Gasteiger partial charge in [0.2, 0.25) is 0 Å². The number of fused-ring (bicyclic) bond motifs is 1. The highest BCUT2D eigenvalue weighted by atomic mass is 32.2. The van der Waals surface area contributed by atoms with Crippen LogP contribution in [0.4, 0.5) is 0 Å². The van der Waals surface area contributed by atoms with E-state index < -0.39 is 11.5 Å². The Balaban J connectivity index is 2.08. The van der Waals surface area contributed by atoms with Crippen LogP contribution in [0.5, 0.6) is 0 Å². The number of aliphatic carboxylic acids is 1. The van der Waals surface area contributed by atoms with E-state index in [4.69, 9.17) is 0 Å². The second-order valence-electron chi connectivity index (χ2n) is 5.00. The molecule has 0 saturated carbocycles. The van der Waals surface area contributed by atoms with Gasteiger partial charge >= 0.3 is 5.97 Å². The zero-order valence-electron chi connectivity index (χ0n) is 10.8. The van der Waals surface area contributed by atoms with Crippen molar-refractivity contribution >= 4 is 17.7 Å². The van der Waals surface area contributed by atoms with Gasteiger partial charge in [0, 0.05) is 36.8 Å². The lowest BCUT2D eigenvalue weighted by atomic mass is 9.84. The third-order valence-electron chi connectivity index (χ3n) is 4.06. The first-order valence-electron chi connectivity index (χ1n) is 6.66. The number of rotatable bonds is 2. The predicted molar refractivity (Wildman–Crippen MR) is 75.5 cm³/mol. The molecule has 0 aromatic heterocycles. The molecule has 0 amide bonds. The third kappa shape index (κ3) is 2.06. The average Bonchev–Trinajstić information content (AvgIpc) is 2.47. The number of carbonyl (C=O) groups is 1. The highest BCUT2D eigenvalue weighted by Crippen LogP contribution is 2.44. The van der Waals surface area contributed by atoms with Crippen molar-refractivity contribution in [2.45, 2.75) is 16.9 Å². The zero-order valence-corrected chi connectivity index (χ0v) is 11.6. The Hall–Kier alpha value is -1.04. The molecule has 0 radical (unpaired) electrons. The molecule has 3 rings (SSSR count). The second kappa shape index (κ2) is 5.15. The van der Waals surface area contributed by atoms with Crippen LogP contribution in [0.25, 0.3) is 0 Å².